The van der Waals surface area contributed by atoms with Gasteiger partial charge in [0.1, 0.15) is 0 Å². The van der Waals surface area contributed by atoms with Gasteiger partial charge in [-0.1, -0.05) is 30.3 Å². The van der Waals surface area contributed by atoms with Crippen molar-refractivity contribution in [2.24, 2.45) is 0 Å². The van der Waals surface area contributed by atoms with Crippen molar-refractivity contribution in [2.75, 3.05) is 5.75 Å². The molecule has 1 aromatic carbocycles. The molecular weight excluding hydrogens is 334 g/mol. The summed E-state index contributed by atoms with van der Waals surface area (Å²) < 4.78 is 8.29. The first kappa shape index (κ1) is 16.4. The van der Waals surface area contributed by atoms with Gasteiger partial charge in [-0.25, -0.2) is 23.6 Å². The lowest BCUT2D eigenvalue weighted by atomic mass is 10.0. The maximum Gasteiger partial charge on any atom is 0.507 e. The summed E-state index contributed by atoms with van der Waals surface area (Å²) in [5.41, 5.74) is -0.187. The molecule has 2 atom stereocenters. The molecule has 0 saturated heterocycles. The fourth-order valence-electron chi connectivity index (χ4n) is 3.10. The van der Waals surface area contributed by atoms with E-state index in [2.05, 4.69) is 12.6 Å². The molecule has 2 aromatic rings. The highest BCUT2D eigenvalue weighted by atomic mass is 32.1. The normalized spacial score (nSPS) is 19.7. The number of carbonyl (C=O) groups is 1. The summed E-state index contributed by atoms with van der Waals surface area (Å²) in [6, 6.07) is 8.98. The van der Waals surface area contributed by atoms with Crippen molar-refractivity contribution in [3.8, 4) is 0 Å². The van der Waals surface area contributed by atoms with Crippen LogP contribution >= 0.6 is 12.6 Å². The molecule has 2 unspecified atom stereocenters. The van der Waals surface area contributed by atoms with Gasteiger partial charge in [0.15, 0.2) is 0 Å². The van der Waals surface area contributed by atoms with E-state index < -0.39 is 23.8 Å². The van der Waals surface area contributed by atoms with Crippen LogP contribution < -0.4 is 11.4 Å². The Morgan fingerprint density at radius 2 is 1.83 bits per heavy atom. The van der Waals surface area contributed by atoms with Crippen molar-refractivity contribution < 1.29 is 14.6 Å². The van der Waals surface area contributed by atoms with Gasteiger partial charge in [0.05, 0.1) is 6.04 Å². The summed E-state index contributed by atoms with van der Waals surface area (Å²) in [7, 11) is 0. The first-order valence-electron chi connectivity index (χ1n) is 7.53. The van der Waals surface area contributed by atoms with Crippen LogP contribution in [0.4, 0.5) is 4.79 Å². The Morgan fingerprint density at radius 3 is 2.46 bits per heavy atom. The molecule has 0 amide bonds. The SMILES string of the molecule is O=C(O)OC1CCC(c2ccccc2)n2c(=O)n(CCS)c(=O)n21. The molecular formula is C15H17N3O5S. The molecule has 1 aliphatic heterocycles. The van der Waals surface area contributed by atoms with Crippen LogP contribution in [0.2, 0.25) is 0 Å². The third-order valence-corrected chi connectivity index (χ3v) is 4.29. The fourth-order valence-corrected chi connectivity index (χ4v) is 3.30. The number of aromatic nitrogens is 3. The second-order valence-electron chi connectivity index (χ2n) is 5.47. The monoisotopic (exact) mass is 351 g/mol. The number of thiol groups is 1. The second kappa shape index (κ2) is 6.60. The van der Waals surface area contributed by atoms with Gasteiger partial charge in [0, 0.05) is 18.7 Å². The smallest absolute Gasteiger partial charge is 0.450 e. The highest BCUT2D eigenvalue weighted by Crippen LogP contribution is 2.31. The summed E-state index contributed by atoms with van der Waals surface area (Å²) in [5.74, 6) is 0.319. The van der Waals surface area contributed by atoms with E-state index in [1.54, 1.807) is 0 Å². The molecule has 0 bridgehead atoms. The molecule has 8 nitrogen and oxygen atoms in total. The zero-order chi connectivity index (χ0) is 17.3. The Hall–Kier alpha value is -2.42. The van der Waals surface area contributed by atoms with Crippen molar-refractivity contribution in [1.29, 1.82) is 0 Å². The van der Waals surface area contributed by atoms with E-state index in [-0.39, 0.29) is 12.6 Å². The minimum atomic E-state index is -1.48. The maximum absolute atomic E-state index is 12.7. The molecule has 2 heterocycles. The van der Waals surface area contributed by atoms with Gasteiger partial charge < -0.3 is 9.84 Å². The van der Waals surface area contributed by atoms with Crippen LogP contribution in [0.3, 0.4) is 0 Å². The van der Waals surface area contributed by atoms with Gasteiger partial charge in [0.2, 0.25) is 6.23 Å². The van der Waals surface area contributed by atoms with E-state index in [0.717, 1.165) is 14.8 Å². The highest BCUT2D eigenvalue weighted by molar-refractivity contribution is 7.80. The third kappa shape index (κ3) is 2.75. The van der Waals surface area contributed by atoms with Crippen LogP contribution in [0.15, 0.2) is 39.9 Å². The zero-order valence-electron chi connectivity index (χ0n) is 12.7. The quantitative estimate of drug-likeness (QED) is 0.640. The lowest BCUT2D eigenvalue weighted by Crippen LogP contribution is -2.39. The number of carboxylic acid groups (broad SMARTS) is 1. The molecule has 9 heteroatoms. The number of ether oxygens (including phenoxy) is 1. The summed E-state index contributed by atoms with van der Waals surface area (Å²) >= 11 is 4.07. The number of benzene rings is 1. The van der Waals surface area contributed by atoms with Crippen LogP contribution in [-0.4, -0.2) is 30.9 Å². The Balaban J connectivity index is 2.18. The van der Waals surface area contributed by atoms with Gasteiger partial charge in [-0.2, -0.15) is 17.3 Å². The van der Waals surface area contributed by atoms with Crippen LogP contribution in [-0.2, 0) is 11.3 Å². The molecule has 1 N–H and O–H groups in total. The van der Waals surface area contributed by atoms with Crippen LogP contribution in [0, 0.1) is 0 Å². The molecule has 0 aliphatic carbocycles. The Kier molecular flexibility index (Phi) is 4.52. The number of hydrogen-bond acceptors (Lipinski definition) is 5. The van der Waals surface area contributed by atoms with E-state index >= 15 is 0 Å². The van der Waals surface area contributed by atoms with Crippen LogP contribution in [0.25, 0.3) is 0 Å². The molecule has 1 aliphatic rings. The standard InChI is InChI=1S/C15H17N3O5S/c19-13-16(8-9-24)14(20)18-12(23-15(21)22)7-6-11(17(13)18)10-4-2-1-3-5-10/h1-5,11-12,24H,6-9H2,(H,21,22). The topological polar surface area (TPSA) is 95.5 Å². The Morgan fingerprint density at radius 1 is 1.17 bits per heavy atom. The molecule has 24 heavy (non-hydrogen) atoms. The van der Waals surface area contributed by atoms with Gasteiger partial charge in [-0.05, 0) is 12.0 Å². The van der Waals surface area contributed by atoms with E-state index in [1.165, 1.54) is 4.68 Å². The summed E-state index contributed by atoms with van der Waals surface area (Å²) in [6.45, 7) is 0.148. The van der Waals surface area contributed by atoms with Gasteiger partial charge in [-0.15, -0.1) is 0 Å². The van der Waals surface area contributed by atoms with E-state index in [9.17, 15) is 14.4 Å². The lowest BCUT2D eigenvalue weighted by molar-refractivity contribution is -0.0197. The molecule has 0 spiro atoms. The molecule has 128 valence electrons. The van der Waals surface area contributed by atoms with Crippen molar-refractivity contribution in [3.63, 3.8) is 0 Å². The van der Waals surface area contributed by atoms with E-state index in [4.69, 9.17) is 9.84 Å². The highest BCUT2D eigenvalue weighted by Gasteiger charge is 2.34. The van der Waals surface area contributed by atoms with Crippen molar-refractivity contribution in [1.82, 2.24) is 13.9 Å². The Labute approximate surface area is 142 Å². The summed E-state index contributed by atoms with van der Waals surface area (Å²) in [6.07, 6.45) is -1.68. The van der Waals surface area contributed by atoms with Gasteiger partial charge in [0.25, 0.3) is 0 Å². The van der Waals surface area contributed by atoms with Gasteiger partial charge >= 0.3 is 17.5 Å². The molecule has 1 aromatic heterocycles. The Bertz CT molecular complexity index is 854. The third-order valence-electron chi connectivity index (χ3n) is 4.09. The number of nitrogens with zero attached hydrogens (tertiary/aromatic N) is 3. The van der Waals surface area contributed by atoms with Crippen LogP contribution in [0.1, 0.15) is 30.7 Å². The second-order valence-corrected chi connectivity index (χ2v) is 5.92. The fraction of sp³-hybridized carbons (Fsp3) is 0.400. The van der Waals surface area contributed by atoms with E-state index in [1.807, 2.05) is 30.3 Å². The van der Waals surface area contributed by atoms with Crippen molar-refractivity contribution in [2.45, 2.75) is 31.7 Å². The molecule has 3 rings (SSSR count). The molecule has 0 saturated carbocycles. The van der Waals surface area contributed by atoms with Crippen molar-refractivity contribution in [3.05, 3.63) is 56.9 Å². The van der Waals surface area contributed by atoms with Crippen molar-refractivity contribution >= 4 is 18.8 Å². The van der Waals surface area contributed by atoms with Crippen LogP contribution in [0.5, 0.6) is 0 Å². The maximum atomic E-state index is 12.7. The van der Waals surface area contributed by atoms with Gasteiger partial charge in [-0.3, -0.25) is 0 Å². The average molecular weight is 351 g/mol. The first-order chi connectivity index (χ1) is 11.5. The average Bonchev–Trinajstić information content (AvgIpc) is 2.82. The largest absolute Gasteiger partial charge is 0.507 e. The number of rotatable bonds is 4. The molecule has 0 radical (unpaired) electrons. The first-order valence-corrected chi connectivity index (χ1v) is 8.17. The minimum Gasteiger partial charge on any atom is -0.450 e. The predicted octanol–water partition coefficient (Wildman–Crippen LogP) is 1.32. The zero-order valence-corrected chi connectivity index (χ0v) is 13.6. The summed E-state index contributed by atoms with van der Waals surface area (Å²) in [4.78, 5) is 36.2. The summed E-state index contributed by atoms with van der Waals surface area (Å²) in [5, 5.41) is 8.90. The van der Waals surface area contributed by atoms with E-state index in [0.29, 0.717) is 18.6 Å². The number of hydrogen-bond donors (Lipinski definition) is 2. The number of fused-ring (bicyclic) bond motifs is 1. The minimum absolute atomic E-state index is 0.148. The lowest BCUT2D eigenvalue weighted by Gasteiger charge is -2.30. The molecule has 0 fully saturated rings. The predicted molar refractivity (Wildman–Crippen MR) is 88.8 cm³/mol.